The van der Waals surface area contributed by atoms with Gasteiger partial charge in [-0.2, -0.15) is 0 Å². The molecule has 1 saturated heterocycles. The molecule has 3 rings (SSSR count). The third-order valence-corrected chi connectivity index (χ3v) is 6.65. The molecule has 1 aliphatic rings. The summed E-state index contributed by atoms with van der Waals surface area (Å²) in [5.74, 6) is 0.993. The van der Waals surface area contributed by atoms with Gasteiger partial charge < -0.3 is 20.0 Å². The van der Waals surface area contributed by atoms with Gasteiger partial charge in [-0.3, -0.25) is 4.79 Å². The molecule has 0 saturated carbocycles. The van der Waals surface area contributed by atoms with Gasteiger partial charge in [0.15, 0.2) is 5.16 Å². The van der Waals surface area contributed by atoms with Gasteiger partial charge in [-0.05, 0) is 39.0 Å². The highest BCUT2D eigenvalue weighted by Gasteiger charge is 2.28. The Balaban J connectivity index is 1.62. The van der Waals surface area contributed by atoms with Gasteiger partial charge >= 0.3 is 6.03 Å². The molecule has 1 aromatic heterocycles. The van der Waals surface area contributed by atoms with Crippen molar-refractivity contribution in [2.45, 2.75) is 32.0 Å². The van der Waals surface area contributed by atoms with E-state index in [4.69, 9.17) is 23.2 Å². The summed E-state index contributed by atoms with van der Waals surface area (Å²) < 4.78 is 0. The van der Waals surface area contributed by atoms with Crippen molar-refractivity contribution in [2.24, 2.45) is 0 Å². The Labute approximate surface area is 208 Å². The SMILES string of the molecule is CCN(CC)C(=O)CSc1nc(Cl)cc(N2CCN(C(=O)Nc3cccc(Cl)c3)[C@H](C)C2)n1. The Bertz CT molecular complexity index is 991. The molecule has 1 aliphatic heterocycles. The number of carbonyl (C=O) groups excluding carboxylic acids is 2. The molecule has 2 aromatic rings. The van der Waals surface area contributed by atoms with Gasteiger partial charge in [-0.25, -0.2) is 14.8 Å². The molecule has 33 heavy (non-hydrogen) atoms. The molecule has 0 spiro atoms. The van der Waals surface area contributed by atoms with Crippen molar-refractivity contribution >= 4 is 58.4 Å². The zero-order valence-corrected chi connectivity index (χ0v) is 21.3. The van der Waals surface area contributed by atoms with Gasteiger partial charge in [0.1, 0.15) is 11.0 Å². The van der Waals surface area contributed by atoms with Gasteiger partial charge in [0.05, 0.1) is 5.75 Å². The number of urea groups is 1. The average Bonchev–Trinajstić information content (AvgIpc) is 2.78. The van der Waals surface area contributed by atoms with Crippen LogP contribution in [0.5, 0.6) is 0 Å². The highest BCUT2D eigenvalue weighted by molar-refractivity contribution is 7.99. The lowest BCUT2D eigenvalue weighted by Gasteiger charge is -2.40. The number of hydrogen-bond acceptors (Lipinski definition) is 6. The van der Waals surface area contributed by atoms with Crippen LogP contribution < -0.4 is 10.2 Å². The Morgan fingerprint density at radius 2 is 1.94 bits per heavy atom. The van der Waals surface area contributed by atoms with E-state index >= 15 is 0 Å². The number of thioether (sulfide) groups is 1. The van der Waals surface area contributed by atoms with E-state index in [2.05, 4.69) is 20.2 Å². The maximum Gasteiger partial charge on any atom is 0.322 e. The van der Waals surface area contributed by atoms with Gasteiger partial charge in [0, 0.05) is 55.5 Å². The van der Waals surface area contributed by atoms with Crippen LogP contribution in [0.3, 0.4) is 0 Å². The highest BCUT2D eigenvalue weighted by Crippen LogP contribution is 2.25. The molecule has 1 atom stereocenters. The molecule has 178 valence electrons. The predicted octanol–water partition coefficient (Wildman–Crippen LogP) is 4.49. The molecule has 1 fully saturated rings. The van der Waals surface area contributed by atoms with Gasteiger partial charge in [0.25, 0.3) is 0 Å². The molecule has 1 N–H and O–H groups in total. The van der Waals surface area contributed by atoms with Gasteiger partial charge in [-0.15, -0.1) is 0 Å². The third kappa shape index (κ3) is 6.88. The normalized spacial score (nSPS) is 16.0. The van der Waals surface area contributed by atoms with Crippen LogP contribution in [0.2, 0.25) is 10.2 Å². The van der Waals surface area contributed by atoms with Crippen LogP contribution >= 0.6 is 35.0 Å². The number of piperazine rings is 1. The van der Waals surface area contributed by atoms with Crippen molar-refractivity contribution in [3.8, 4) is 0 Å². The molecule has 0 radical (unpaired) electrons. The Kier molecular flexibility index (Phi) is 9.05. The number of hydrogen-bond donors (Lipinski definition) is 1. The van der Waals surface area contributed by atoms with E-state index in [0.29, 0.717) is 59.6 Å². The average molecular weight is 511 g/mol. The second kappa shape index (κ2) is 11.8. The molecule has 0 bridgehead atoms. The standard InChI is InChI=1S/C22H28Cl2N6O2S/c1-4-28(5-2)20(31)14-33-21-26-18(24)12-19(27-21)29-9-10-30(15(3)13-29)22(32)25-17-8-6-7-16(23)11-17/h6-8,11-12,15H,4-5,9-10,13-14H2,1-3H3,(H,25,32)/t15-/m1/s1. The lowest BCUT2D eigenvalue weighted by molar-refractivity contribution is -0.127. The molecule has 1 aromatic carbocycles. The monoisotopic (exact) mass is 510 g/mol. The molecule has 3 amide bonds. The number of rotatable bonds is 7. The van der Waals surface area contributed by atoms with Crippen LogP contribution in [0.15, 0.2) is 35.5 Å². The second-order valence-corrected chi connectivity index (χ2v) is 9.38. The van der Waals surface area contributed by atoms with Gasteiger partial charge in [-0.1, -0.05) is 41.0 Å². The van der Waals surface area contributed by atoms with E-state index in [0.717, 1.165) is 0 Å². The lowest BCUT2D eigenvalue weighted by Crippen LogP contribution is -2.55. The summed E-state index contributed by atoms with van der Waals surface area (Å²) in [7, 11) is 0. The topological polar surface area (TPSA) is 81.7 Å². The zero-order valence-electron chi connectivity index (χ0n) is 18.9. The van der Waals surface area contributed by atoms with E-state index in [1.54, 1.807) is 40.1 Å². The number of carbonyl (C=O) groups is 2. The summed E-state index contributed by atoms with van der Waals surface area (Å²) in [6, 6.07) is 8.57. The number of anilines is 2. The minimum atomic E-state index is -0.170. The van der Waals surface area contributed by atoms with Crippen LogP contribution in [-0.4, -0.2) is 76.2 Å². The number of nitrogens with zero attached hydrogens (tertiary/aromatic N) is 5. The number of halogens is 2. The zero-order chi connectivity index (χ0) is 24.0. The fraction of sp³-hybridized carbons (Fsp3) is 0.455. The molecule has 11 heteroatoms. The van der Waals surface area contributed by atoms with E-state index in [9.17, 15) is 9.59 Å². The number of aromatic nitrogens is 2. The minimum absolute atomic E-state index is 0.0445. The highest BCUT2D eigenvalue weighted by atomic mass is 35.5. The first-order chi connectivity index (χ1) is 15.8. The number of benzene rings is 1. The van der Waals surface area contributed by atoms with Crippen LogP contribution in [0.4, 0.5) is 16.3 Å². The van der Waals surface area contributed by atoms with Gasteiger partial charge in [0.2, 0.25) is 5.91 Å². The fourth-order valence-corrected chi connectivity index (χ4v) is 4.81. The smallest absolute Gasteiger partial charge is 0.322 e. The van der Waals surface area contributed by atoms with Crippen LogP contribution in [0.25, 0.3) is 0 Å². The van der Waals surface area contributed by atoms with Crippen LogP contribution in [0, 0.1) is 0 Å². The van der Waals surface area contributed by atoms with E-state index in [1.807, 2.05) is 20.8 Å². The Morgan fingerprint density at radius 3 is 2.61 bits per heavy atom. The first-order valence-electron chi connectivity index (χ1n) is 10.8. The van der Waals surface area contributed by atoms with Crippen molar-refractivity contribution in [1.29, 1.82) is 0 Å². The van der Waals surface area contributed by atoms with Crippen LogP contribution in [0.1, 0.15) is 20.8 Å². The Morgan fingerprint density at radius 1 is 1.18 bits per heavy atom. The summed E-state index contributed by atoms with van der Waals surface area (Å²) in [5.41, 5.74) is 0.658. The predicted molar refractivity (Wildman–Crippen MR) is 135 cm³/mol. The largest absolute Gasteiger partial charge is 0.353 e. The fourth-order valence-electron chi connectivity index (χ4n) is 3.63. The first-order valence-corrected chi connectivity index (χ1v) is 12.6. The molecule has 0 aliphatic carbocycles. The first kappa shape index (κ1) is 25.4. The molecule has 0 unspecified atom stereocenters. The van der Waals surface area contributed by atoms with Crippen molar-refractivity contribution in [3.63, 3.8) is 0 Å². The quantitative estimate of drug-likeness (QED) is 0.335. The maximum absolute atomic E-state index is 12.8. The molecule has 2 heterocycles. The van der Waals surface area contributed by atoms with Crippen molar-refractivity contribution < 1.29 is 9.59 Å². The van der Waals surface area contributed by atoms with Crippen LogP contribution in [-0.2, 0) is 4.79 Å². The lowest BCUT2D eigenvalue weighted by atomic mass is 10.2. The van der Waals surface area contributed by atoms with Crippen molar-refractivity contribution in [1.82, 2.24) is 19.8 Å². The van der Waals surface area contributed by atoms with E-state index < -0.39 is 0 Å². The second-order valence-electron chi connectivity index (χ2n) is 7.62. The minimum Gasteiger partial charge on any atom is -0.353 e. The summed E-state index contributed by atoms with van der Waals surface area (Å²) in [5, 5.41) is 4.26. The van der Waals surface area contributed by atoms with Crippen molar-refractivity contribution in [2.75, 3.05) is 48.7 Å². The Hall–Kier alpha value is -2.23. The molecular weight excluding hydrogens is 483 g/mol. The van der Waals surface area contributed by atoms with Crippen molar-refractivity contribution in [3.05, 3.63) is 40.5 Å². The summed E-state index contributed by atoms with van der Waals surface area (Å²) in [4.78, 5) is 39.6. The third-order valence-electron chi connectivity index (χ3n) is 5.39. The molecule has 8 nitrogen and oxygen atoms in total. The molecular formula is C22H28Cl2N6O2S. The maximum atomic E-state index is 12.8. The number of nitrogens with one attached hydrogen (secondary N) is 1. The number of amides is 3. The van der Waals surface area contributed by atoms with E-state index in [-0.39, 0.29) is 23.7 Å². The summed E-state index contributed by atoms with van der Waals surface area (Å²) >= 11 is 13.5. The van der Waals surface area contributed by atoms with E-state index in [1.165, 1.54) is 11.8 Å². The summed E-state index contributed by atoms with van der Waals surface area (Å²) in [6.07, 6.45) is 0. The summed E-state index contributed by atoms with van der Waals surface area (Å²) in [6.45, 7) is 8.96.